The summed E-state index contributed by atoms with van der Waals surface area (Å²) in [6.07, 6.45) is 3.19. The molecule has 0 N–H and O–H groups in total. The molecule has 0 aromatic carbocycles. The van der Waals surface area contributed by atoms with Crippen molar-refractivity contribution in [2.24, 2.45) is 0 Å². The first kappa shape index (κ1) is 19.0. The Balaban J connectivity index is 1.65. The number of nitrogens with zero attached hydrogens (tertiary/aromatic N) is 2. The largest absolute Gasteiger partial charge is 0.490 e. The Morgan fingerprint density at radius 3 is 2.96 bits per heavy atom. The molecule has 0 bridgehead atoms. The number of ether oxygens (including phenoxy) is 2. The second kappa shape index (κ2) is 7.84. The Hall–Kier alpha value is -1.79. The Labute approximate surface area is 162 Å². The van der Waals surface area contributed by atoms with Gasteiger partial charge in [0.15, 0.2) is 0 Å². The van der Waals surface area contributed by atoms with Crippen LogP contribution in [0.1, 0.15) is 33.6 Å². The summed E-state index contributed by atoms with van der Waals surface area (Å²) in [5.74, 6) is 0.647. The van der Waals surface area contributed by atoms with Gasteiger partial charge >= 0.3 is 6.09 Å². The number of hydrogen-bond donors (Lipinski definition) is 0. The molecule has 1 atom stereocenters. The minimum absolute atomic E-state index is 0.00529. The van der Waals surface area contributed by atoms with Crippen molar-refractivity contribution in [2.45, 2.75) is 45.3 Å². The number of pyridine rings is 1. The summed E-state index contributed by atoms with van der Waals surface area (Å²) in [7, 11) is 0. The minimum Gasteiger partial charge on any atom is -0.490 e. The van der Waals surface area contributed by atoms with Crippen LogP contribution in [0.4, 0.5) is 4.79 Å². The molecule has 26 heavy (non-hydrogen) atoms. The molecule has 1 aliphatic rings. The molecule has 3 heterocycles. The Kier molecular flexibility index (Phi) is 5.73. The van der Waals surface area contributed by atoms with E-state index >= 15 is 0 Å². The van der Waals surface area contributed by atoms with Crippen LogP contribution in [0, 0.1) is 0 Å². The number of hydrogen-bond acceptors (Lipinski definition) is 5. The van der Waals surface area contributed by atoms with Crippen LogP contribution in [0.5, 0.6) is 5.75 Å². The highest BCUT2D eigenvalue weighted by molar-refractivity contribution is 7.13. The topological polar surface area (TPSA) is 51.7 Å². The number of carbonyl (C=O) groups is 1. The molecule has 5 nitrogen and oxygen atoms in total. The molecular formula is C19H23ClN2O3S. The number of aromatic nitrogens is 1. The van der Waals surface area contributed by atoms with Crippen LogP contribution < -0.4 is 4.74 Å². The summed E-state index contributed by atoms with van der Waals surface area (Å²) in [5, 5.41) is 2.45. The molecule has 0 radical (unpaired) electrons. The van der Waals surface area contributed by atoms with E-state index in [1.165, 1.54) is 0 Å². The molecule has 1 aliphatic heterocycles. The van der Waals surface area contributed by atoms with Gasteiger partial charge < -0.3 is 14.4 Å². The quantitative estimate of drug-likeness (QED) is 0.665. The highest BCUT2D eigenvalue weighted by Crippen LogP contribution is 2.33. The number of amides is 1. The molecule has 1 saturated heterocycles. The van der Waals surface area contributed by atoms with Gasteiger partial charge in [-0.05, 0) is 51.1 Å². The summed E-state index contributed by atoms with van der Waals surface area (Å²) < 4.78 is 11.4. The second-order valence-electron chi connectivity index (χ2n) is 7.27. The molecule has 3 rings (SSSR count). The lowest BCUT2D eigenvalue weighted by molar-refractivity contribution is 0.0187. The van der Waals surface area contributed by atoms with Crippen molar-refractivity contribution in [1.82, 2.24) is 9.88 Å². The second-order valence-corrected chi connectivity index (χ2v) is 8.57. The molecular weight excluding hydrogens is 372 g/mol. The van der Waals surface area contributed by atoms with Crippen molar-refractivity contribution in [2.75, 3.05) is 13.2 Å². The lowest BCUT2D eigenvalue weighted by Crippen LogP contribution is -2.42. The van der Waals surface area contributed by atoms with E-state index in [-0.39, 0.29) is 12.1 Å². The molecule has 2 aromatic heterocycles. The average molecular weight is 395 g/mol. The summed E-state index contributed by atoms with van der Waals surface area (Å²) in [5.41, 5.74) is 0.357. The molecule has 140 valence electrons. The standard InChI is InChI=1S/C19H23ClN2O3S/c1-19(2,3)25-18(23)22-8-4-6-13(22)12-24-14-10-15(17(20)21-11-14)16-7-5-9-26-16/h5,7,9-11,13H,4,6,8,12H2,1-3H3/t13-/m1/s1. The third kappa shape index (κ3) is 4.68. The van der Waals surface area contributed by atoms with Crippen LogP contribution in [0.2, 0.25) is 5.15 Å². The van der Waals surface area contributed by atoms with E-state index in [0.29, 0.717) is 24.1 Å². The molecule has 0 unspecified atom stereocenters. The molecule has 0 spiro atoms. The van der Waals surface area contributed by atoms with Crippen molar-refractivity contribution in [3.8, 4) is 16.2 Å². The SMILES string of the molecule is CC(C)(C)OC(=O)N1CCC[C@@H]1COc1cnc(Cl)c(-c2cccs2)c1. The average Bonchev–Trinajstić information content (AvgIpc) is 3.24. The van der Waals surface area contributed by atoms with Crippen molar-refractivity contribution < 1.29 is 14.3 Å². The van der Waals surface area contributed by atoms with E-state index in [4.69, 9.17) is 21.1 Å². The van der Waals surface area contributed by atoms with E-state index in [0.717, 1.165) is 23.3 Å². The van der Waals surface area contributed by atoms with Gasteiger partial charge in [-0.3, -0.25) is 0 Å². The van der Waals surface area contributed by atoms with Crippen LogP contribution >= 0.6 is 22.9 Å². The molecule has 1 amide bonds. The summed E-state index contributed by atoms with van der Waals surface area (Å²) >= 11 is 7.81. The van der Waals surface area contributed by atoms with Gasteiger partial charge in [-0.2, -0.15) is 0 Å². The summed E-state index contributed by atoms with van der Waals surface area (Å²) in [4.78, 5) is 19.4. The van der Waals surface area contributed by atoms with Gasteiger partial charge in [0, 0.05) is 17.0 Å². The van der Waals surface area contributed by atoms with E-state index in [1.807, 2.05) is 44.4 Å². The molecule has 2 aromatic rings. The Bertz CT molecular complexity index is 759. The Morgan fingerprint density at radius 2 is 2.27 bits per heavy atom. The summed E-state index contributed by atoms with van der Waals surface area (Å²) in [6, 6.07) is 5.87. The maximum Gasteiger partial charge on any atom is 0.410 e. The molecule has 0 saturated carbocycles. The smallest absolute Gasteiger partial charge is 0.410 e. The van der Waals surface area contributed by atoms with Gasteiger partial charge in [0.05, 0.1) is 12.2 Å². The maximum absolute atomic E-state index is 12.4. The number of likely N-dealkylation sites (tertiary alicyclic amines) is 1. The lowest BCUT2D eigenvalue weighted by atomic mass is 10.2. The molecule has 1 fully saturated rings. The predicted molar refractivity (Wildman–Crippen MR) is 104 cm³/mol. The van der Waals surface area contributed by atoms with Crippen molar-refractivity contribution in [3.63, 3.8) is 0 Å². The highest BCUT2D eigenvalue weighted by atomic mass is 35.5. The summed E-state index contributed by atoms with van der Waals surface area (Å²) in [6.45, 7) is 6.72. The van der Waals surface area contributed by atoms with Crippen LogP contribution in [-0.4, -0.2) is 40.8 Å². The number of rotatable bonds is 4. The van der Waals surface area contributed by atoms with Gasteiger partial charge in [0.2, 0.25) is 0 Å². The minimum atomic E-state index is -0.499. The van der Waals surface area contributed by atoms with Crippen LogP contribution in [0.25, 0.3) is 10.4 Å². The normalized spacial score (nSPS) is 17.4. The van der Waals surface area contributed by atoms with Crippen molar-refractivity contribution in [1.29, 1.82) is 0 Å². The fourth-order valence-electron chi connectivity index (χ4n) is 2.87. The van der Waals surface area contributed by atoms with Crippen molar-refractivity contribution in [3.05, 3.63) is 34.9 Å². The predicted octanol–water partition coefficient (Wildman–Crippen LogP) is 5.24. The number of carbonyl (C=O) groups excluding carboxylic acids is 1. The van der Waals surface area contributed by atoms with Gasteiger partial charge in [-0.15, -0.1) is 11.3 Å². The third-order valence-electron chi connectivity index (χ3n) is 4.05. The number of thiophene rings is 1. The van der Waals surface area contributed by atoms with E-state index < -0.39 is 5.60 Å². The Morgan fingerprint density at radius 1 is 1.46 bits per heavy atom. The maximum atomic E-state index is 12.4. The fourth-order valence-corrected chi connectivity index (χ4v) is 3.88. The van der Waals surface area contributed by atoms with E-state index in [9.17, 15) is 4.79 Å². The van der Waals surface area contributed by atoms with Gasteiger partial charge in [0.25, 0.3) is 0 Å². The zero-order chi connectivity index (χ0) is 18.7. The van der Waals surface area contributed by atoms with Gasteiger partial charge in [0.1, 0.15) is 23.1 Å². The highest BCUT2D eigenvalue weighted by Gasteiger charge is 2.32. The zero-order valence-electron chi connectivity index (χ0n) is 15.2. The van der Waals surface area contributed by atoms with Gasteiger partial charge in [-0.25, -0.2) is 9.78 Å². The number of halogens is 1. The van der Waals surface area contributed by atoms with Gasteiger partial charge in [-0.1, -0.05) is 17.7 Å². The third-order valence-corrected chi connectivity index (χ3v) is 5.25. The van der Waals surface area contributed by atoms with E-state index in [2.05, 4.69) is 4.98 Å². The van der Waals surface area contributed by atoms with E-state index in [1.54, 1.807) is 22.4 Å². The monoisotopic (exact) mass is 394 g/mol. The van der Waals surface area contributed by atoms with Crippen LogP contribution in [-0.2, 0) is 4.74 Å². The van der Waals surface area contributed by atoms with Crippen LogP contribution in [0.15, 0.2) is 29.8 Å². The van der Waals surface area contributed by atoms with Crippen LogP contribution in [0.3, 0.4) is 0 Å². The zero-order valence-corrected chi connectivity index (χ0v) is 16.8. The molecule has 0 aliphatic carbocycles. The molecule has 7 heteroatoms. The fraction of sp³-hybridized carbons (Fsp3) is 0.474. The first-order valence-corrected chi connectivity index (χ1v) is 9.91. The first-order chi connectivity index (χ1) is 12.3. The first-order valence-electron chi connectivity index (χ1n) is 8.65. The van der Waals surface area contributed by atoms with Crippen molar-refractivity contribution >= 4 is 29.0 Å². The lowest BCUT2D eigenvalue weighted by Gasteiger charge is -2.28.